The quantitative estimate of drug-likeness (QED) is 0.186. The van der Waals surface area contributed by atoms with Crippen molar-refractivity contribution in [3.05, 3.63) is 128 Å². The second kappa shape index (κ2) is 14.5. The van der Waals surface area contributed by atoms with Gasteiger partial charge < -0.3 is 10.6 Å². The van der Waals surface area contributed by atoms with Crippen molar-refractivity contribution in [2.24, 2.45) is 0 Å². The van der Waals surface area contributed by atoms with E-state index in [1.807, 2.05) is 0 Å². The molecule has 0 aromatic heterocycles. The number of carbonyl (C=O) groups excluding carboxylic acids is 4. The smallest absolute Gasteiger partial charge is 0.225 e. The van der Waals surface area contributed by atoms with Crippen LogP contribution in [0.25, 0.3) is 0 Å². The van der Waals surface area contributed by atoms with Crippen LogP contribution in [-0.2, 0) is 53.7 Å². The molecule has 0 saturated heterocycles. The minimum atomic E-state index is -0.0664. The summed E-state index contributed by atoms with van der Waals surface area (Å²) in [4.78, 5) is 47.2. The zero-order valence-electron chi connectivity index (χ0n) is 34.9. The highest BCUT2D eigenvalue weighted by Crippen LogP contribution is 2.56. The molecule has 4 spiro atoms. The fourth-order valence-corrected chi connectivity index (χ4v) is 11.6. The molecule has 2 heterocycles. The molecular weight excluding hydrogens is 717 g/mol. The van der Waals surface area contributed by atoms with Crippen molar-refractivity contribution in [1.29, 1.82) is 0 Å². The highest BCUT2D eigenvalue weighted by atomic mass is 16.2. The fraction of sp³-hybridized carbons (Fsp3) is 0.462. The molecule has 4 saturated carbocycles. The molecular formula is C52H58N2O4. The first-order valence-electron chi connectivity index (χ1n) is 21.9. The molecule has 4 aromatic carbocycles. The Morgan fingerprint density at radius 2 is 0.776 bits per heavy atom. The Balaban J connectivity index is 0.000000100. The van der Waals surface area contributed by atoms with E-state index in [1.54, 1.807) is 0 Å². The lowest BCUT2D eigenvalue weighted by Crippen LogP contribution is -2.35. The van der Waals surface area contributed by atoms with Gasteiger partial charge in [0.1, 0.15) is 11.6 Å². The first-order valence-corrected chi connectivity index (χ1v) is 21.9. The largest absolute Gasteiger partial charge is 0.326 e. The number of anilines is 2. The third-order valence-electron chi connectivity index (χ3n) is 15.0. The van der Waals surface area contributed by atoms with Gasteiger partial charge in [-0.05, 0) is 136 Å². The molecule has 2 N–H and O–H groups in total. The van der Waals surface area contributed by atoms with E-state index in [9.17, 15) is 19.2 Å². The number of benzene rings is 4. The van der Waals surface area contributed by atoms with Crippen molar-refractivity contribution in [3.63, 3.8) is 0 Å². The molecule has 0 atom stereocenters. The van der Waals surface area contributed by atoms with E-state index in [0.29, 0.717) is 37.2 Å². The molecule has 4 fully saturated rings. The van der Waals surface area contributed by atoms with Gasteiger partial charge in [-0.2, -0.15) is 0 Å². The van der Waals surface area contributed by atoms with Crippen molar-refractivity contribution < 1.29 is 19.2 Å². The third kappa shape index (κ3) is 6.84. The van der Waals surface area contributed by atoms with E-state index in [2.05, 4.69) is 111 Å². The lowest BCUT2D eigenvalue weighted by molar-refractivity contribution is -0.123. The number of nitrogens with one attached hydrogen (secondary N) is 2. The number of ketones is 2. The maximum Gasteiger partial charge on any atom is 0.225 e. The van der Waals surface area contributed by atoms with Crippen molar-refractivity contribution in [2.75, 3.05) is 10.6 Å². The predicted octanol–water partition coefficient (Wildman–Crippen LogP) is 10.6. The summed E-state index contributed by atoms with van der Waals surface area (Å²) in [6, 6.07) is 25.9. The van der Waals surface area contributed by atoms with Gasteiger partial charge in [-0.25, -0.2) is 0 Å². The van der Waals surface area contributed by atoms with Gasteiger partial charge in [0.05, 0.1) is 10.8 Å². The summed E-state index contributed by atoms with van der Waals surface area (Å²) in [5.41, 5.74) is 15.3. The lowest BCUT2D eigenvalue weighted by atomic mass is 9.73. The minimum absolute atomic E-state index is 0.0109. The SMILES string of the molecule is Cc1ccc2c(c1)CC(=O)C21CC1.Cc1ccc2c(c1)CC(=O)C21CCCC1.Cc1ccc2c(c1)NC(=O)CC21CC1.Cc1ccc2c(c1)NC(=O)CC21CCCC1. The number of amides is 2. The standard InChI is InChI=1S/C14H17NO.C14H16O.C12H13NO.C12H12O/c1-10-4-5-11-12(8-10)15-13(16)9-14(11)6-2-3-7-14;1-10-4-5-12-11(8-10)9-13(15)14(12)6-2-3-7-14;1-8-2-3-9-10(6-8)13-11(14)7-12(9)4-5-12;1-8-2-3-10-9(6-8)7-11(13)12(10)4-5-12/h4-5,8H,2-3,6-7,9H2,1H3,(H,15,16);4-5,8H,2-3,6-7,9H2,1H3;2-3,6H,4-5,7H2,1H3,(H,13,14);2-3,6H,4-5,7H2,1H3. The second-order valence-electron chi connectivity index (χ2n) is 19.2. The van der Waals surface area contributed by atoms with Gasteiger partial charge in [0.2, 0.25) is 11.8 Å². The molecule has 12 rings (SSSR count). The Morgan fingerprint density at radius 3 is 1.19 bits per heavy atom. The molecule has 4 aromatic rings. The van der Waals surface area contributed by atoms with E-state index >= 15 is 0 Å². The van der Waals surface area contributed by atoms with Crippen molar-refractivity contribution in [1.82, 2.24) is 0 Å². The van der Waals surface area contributed by atoms with E-state index in [0.717, 1.165) is 37.1 Å². The average molecular weight is 775 g/mol. The van der Waals surface area contributed by atoms with Crippen LogP contribution in [0.2, 0.25) is 0 Å². The molecule has 0 radical (unpaired) electrons. The molecule has 2 aliphatic heterocycles. The average Bonchev–Trinajstić information content (AvgIpc) is 3.94. The van der Waals surface area contributed by atoms with E-state index in [4.69, 9.17) is 0 Å². The second-order valence-corrected chi connectivity index (χ2v) is 19.2. The molecule has 300 valence electrons. The summed E-state index contributed by atoms with van der Waals surface area (Å²) in [6.45, 7) is 8.32. The van der Waals surface area contributed by atoms with E-state index in [-0.39, 0.29) is 33.5 Å². The number of hydrogen-bond donors (Lipinski definition) is 2. The predicted molar refractivity (Wildman–Crippen MR) is 231 cm³/mol. The summed E-state index contributed by atoms with van der Waals surface area (Å²) in [5.74, 6) is 1.30. The maximum absolute atomic E-state index is 12.2. The van der Waals surface area contributed by atoms with Gasteiger partial charge in [0, 0.05) is 47.9 Å². The molecule has 6 nitrogen and oxygen atoms in total. The number of carbonyl (C=O) groups is 4. The maximum atomic E-state index is 12.2. The molecule has 6 heteroatoms. The van der Waals surface area contributed by atoms with Gasteiger partial charge >= 0.3 is 0 Å². The molecule has 0 bridgehead atoms. The number of hydrogen-bond acceptors (Lipinski definition) is 4. The van der Waals surface area contributed by atoms with Crippen molar-refractivity contribution in [3.8, 4) is 0 Å². The number of Topliss-reactive ketones (excluding diaryl/α,β-unsaturated/α-hetero) is 2. The zero-order chi connectivity index (χ0) is 40.5. The normalized spacial score (nSPS) is 22.0. The molecule has 6 aliphatic carbocycles. The van der Waals surface area contributed by atoms with Crippen LogP contribution in [0.1, 0.15) is 146 Å². The summed E-state index contributed by atoms with van der Waals surface area (Å²) in [7, 11) is 0. The fourth-order valence-electron chi connectivity index (χ4n) is 11.6. The Labute approximate surface area is 344 Å². The molecule has 8 aliphatic rings. The van der Waals surface area contributed by atoms with Gasteiger partial charge in [-0.1, -0.05) is 97.5 Å². The summed E-state index contributed by atoms with van der Waals surface area (Å²) in [5, 5.41) is 5.97. The summed E-state index contributed by atoms with van der Waals surface area (Å²) < 4.78 is 0. The highest BCUT2D eigenvalue weighted by molar-refractivity contribution is 6.00. The molecule has 58 heavy (non-hydrogen) atoms. The van der Waals surface area contributed by atoms with Crippen LogP contribution in [0.3, 0.4) is 0 Å². The van der Waals surface area contributed by atoms with Gasteiger partial charge in [-0.3, -0.25) is 19.2 Å². The Hall–Kier alpha value is -4.84. The molecule has 0 unspecified atom stereocenters. The number of aryl methyl sites for hydroxylation is 4. The Bertz CT molecular complexity index is 2350. The topological polar surface area (TPSA) is 92.3 Å². The highest BCUT2D eigenvalue weighted by Gasteiger charge is 2.55. The van der Waals surface area contributed by atoms with Crippen LogP contribution in [0.15, 0.2) is 72.8 Å². The van der Waals surface area contributed by atoms with Crippen LogP contribution in [0.5, 0.6) is 0 Å². The van der Waals surface area contributed by atoms with Crippen LogP contribution >= 0.6 is 0 Å². The van der Waals surface area contributed by atoms with Crippen LogP contribution < -0.4 is 10.6 Å². The lowest BCUT2D eigenvalue weighted by Gasteiger charge is -2.35. The minimum Gasteiger partial charge on any atom is -0.326 e. The van der Waals surface area contributed by atoms with Crippen molar-refractivity contribution >= 4 is 34.8 Å². The Morgan fingerprint density at radius 1 is 0.414 bits per heavy atom. The summed E-state index contributed by atoms with van der Waals surface area (Å²) in [6.07, 6.45) is 16.7. The van der Waals surface area contributed by atoms with Crippen LogP contribution in [-0.4, -0.2) is 23.4 Å². The Kier molecular flexibility index (Phi) is 9.64. The van der Waals surface area contributed by atoms with Crippen LogP contribution in [0, 0.1) is 27.7 Å². The first-order chi connectivity index (χ1) is 27.8. The van der Waals surface area contributed by atoms with Gasteiger partial charge in [0.15, 0.2) is 0 Å². The van der Waals surface area contributed by atoms with Gasteiger partial charge in [0.25, 0.3) is 0 Å². The molecule has 2 amide bonds. The van der Waals surface area contributed by atoms with Gasteiger partial charge in [-0.15, -0.1) is 0 Å². The summed E-state index contributed by atoms with van der Waals surface area (Å²) >= 11 is 0. The monoisotopic (exact) mass is 774 g/mol. The number of fused-ring (bicyclic) bond motifs is 8. The van der Waals surface area contributed by atoms with Crippen LogP contribution in [0.4, 0.5) is 11.4 Å². The van der Waals surface area contributed by atoms with E-state index in [1.165, 1.54) is 107 Å². The first kappa shape index (κ1) is 38.7. The van der Waals surface area contributed by atoms with E-state index < -0.39 is 0 Å². The third-order valence-corrected chi connectivity index (χ3v) is 15.0. The van der Waals surface area contributed by atoms with Crippen molar-refractivity contribution in [2.45, 2.75) is 152 Å². The zero-order valence-corrected chi connectivity index (χ0v) is 34.9. The number of rotatable bonds is 0.